The largest absolute Gasteiger partial charge is 0.497 e. The fourth-order valence-electron chi connectivity index (χ4n) is 4.05. The molecule has 138 valence electrons. The number of methoxy groups -OCH3 is 1. The Kier molecular flexibility index (Phi) is 5.72. The van der Waals surface area contributed by atoms with E-state index in [-0.39, 0.29) is 24.4 Å². The molecule has 2 aliphatic rings. The van der Waals surface area contributed by atoms with Crippen LogP contribution in [0.3, 0.4) is 0 Å². The quantitative estimate of drug-likeness (QED) is 0.865. The van der Waals surface area contributed by atoms with Gasteiger partial charge >= 0.3 is 0 Å². The summed E-state index contributed by atoms with van der Waals surface area (Å²) in [5.74, 6) is 1.02. The molecule has 1 atom stereocenters. The van der Waals surface area contributed by atoms with Crippen LogP contribution in [0, 0.1) is 0 Å². The minimum Gasteiger partial charge on any atom is -0.497 e. The number of hydrogen-bond acceptors (Lipinski definition) is 3. The van der Waals surface area contributed by atoms with Gasteiger partial charge in [0.05, 0.1) is 13.2 Å². The van der Waals surface area contributed by atoms with Gasteiger partial charge in [-0.25, -0.2) is 0 Å². The Morgan fingerprint density at radius 3 is 2.73 bits per heavy atom. The van der Waals surface area contributed by atoms with E-state index in [0.29, 0.717) is 0 Å². The maximum Gasteiger partial charge on any atom is 0.254 e. The number of halogens is 1. The van der Waals surface area contributed by atoms with Crippen LogP contribution in [0.15, 0.2) is 42.5 Å². The molecule has 1 fully saturated rings. The van der Waals surface area contributed by atoms with Crippen LogP contribution in [0.25, 0.3) is 0 Å². The zero-order valence-electron chi connectivity index (χ0n) is 15.0. The smallest absolute Gasteiger partial charge is 0.254 e. The highest BCUT2D eigenvalue weighted by Gasteiger charge is 2.32. The van der Waals surface area contributed by atoms with Gasteiger partial charge in [0, 0.05) is 24.3 Å². The van der Waals surface area contributed by atoms with Crippen molar-refractivity contribution < 1.29 is 9.53 Å². The van der Waals surface area contributed by atoms with Crippen LogP contribution in [0.2, 0.25) is 0 Å². The standard InChI is InChI=1S/C21H24N2O2.ClH/c1-25-16-11-9-15(10-12-16)20-8-4-14-23(20)21(24)18-5-2-7-19-17(18)6-3-13-22-19;/h2,5,7,9-12,20,22H,3-4,6,8,13-14H2,1H3;1H. The van der Waals surface area contributed by atoms with Crippen LogP contribution < -0.4 is 10.1 Å². The van der Waals surface area contributed by atoms with Crippen molar-refractivity contribution in [3.05, 3.63) is 59.2 Å². The van der Waals surface area contributed by atoms with E-state index < -0.39 is 0 Å². The maximum atomic E-state index is 13.3. The average Bonchev–Trinajstić information content (AvgIpc) is 3.17. The zero-order chi connectivity index (χ0) is 17.2. The molecule has 4 rings (SSSR count). The SMILES string of the molecule is COc1ccc(C2CCCN2C(=O)c2cccc3c2CCCN3)cc1.Cl. The Morgan fingerprint density at radius 2 is 1.96 bits per heavy atom. The van der Waals surface area contributed by atoms with Gasteiger partial charge in [0.15, 0.2) is 0 Å². The summed E-state index contributed by atoms with van der Waals surface area (Å²) in [4.78, 5) is 15.3. The molecule has 5 heteroatoms. The summed E-state index contributed by atoms with van der Waals surface area (Å²) in [6, 6.07) is 14.3. The number of ether oxygens (including phenoxy) is 1. The van der Waals surface area contributed by atoms with Gasteiger partial charge in [-0.2, -0.15) is 0 Å². The molecule has 0 radical (unpaired) electrons. The summed E-state index contributed by atoms with van der Waals surface area (Å²) < 4.78 is 5.25. The molecule has 26 heavy (non-hydrogen) atoms. The normalized spacial score (nSPS) is 18.5. The summed E-state index contributed by atoms with van der Waals surface area (Å²) in [5, 5.41) is 3.42. The number of hydrogen-bond donors (Lipinski definition) is 1. The Bertz CT molecular complexity index is 776. The number of anilines is 1. The summed E-state index contributed by atoms with van der Waals surface area (Å²) >= 11 is 0. The summed E-state index contributed by atoms with van der Waals surface area (Å²) in [5.41, 5.74) is 4.36. The Labute approximate surface area is 160 Å². The van der Waals surface area contributed by atoms with Gasteiger partial charge in [-0.05, 0) is 61.1 Å². The topological polar surface area (TPSA) is 41.6 Å². The molecule has 0 spiro atoms. The van der Waals surface area contributed by atoms with Crippen molar-refractivity contribution in [3.63, 3.8) is 0 Å². The molecule has 1 saturated heterocycles. The van der Waals surface area contributed by atoms with Gasteiger partial charge in [-0.3, -0.25) is 4.79 Å². The van der Waals surface area contributed by atoms with E-state index in [0.717, 1.165) is 55.8 Å². The molecule has 0 saturated carbocycles. The van der Waals surface area contributed by atoms with Crippen LogP contribution in [0.1, 0.15) is 46.8 Å². The first-order chi connectivity index (χ1) is 12.3. The minimum absolute atomic E-state index is 0. The van der Waals surface area contributed by atoms with Crippen molar-refractivity contribution >= 4 is 24.0 Å². The summed E-state index contributed by atoms with van der Waals surface area (Å²) in [6.45, 7) is 1.81. The molecule has 0 bridgehead atoms. The third-order valence-corrected chi connectivity index (χ3v) is 5.34. The first kappa shape index (κ1) is 18.6. The third kappa shape index (κ3) is 3.38. The van der Waals surface area contributed by atoms with E-state index in [1.165, 1.54) is 11.1 Å². The van der Waals surface area contributed by atoms with Crippen molar-refractivity contribution in [3.8, 4) is 5.75 Å². The summed E-state index contributed by atoms with van der Waals surface area (Å²) in [7, 11) is 1.67. The number of nitrogens with one attached hydrogen (secondary N) is 1. The molecule has 2 aromatic carbocycles. The lowest BCUT2D eigenvalue weighted by atomic mass is 9.96. The van der Waals surface area contributed by atoms with Crippen molar-refractivity contribution in [1.29, 1.82) is 0 Å². The number of nitrogens with zero attached hydrogens (tertiary/aromatic N) is 1. The Morgan fingerprint density at radius 1 is 1.15 bits per heavy atom. The van der Waals surface area contributed by atoms with E-state index in [9.17, 15) is 4.79 Å². The fraction of sp³-hybridized carbons (Fsp3) is 0.381. The number of carbonyl (C=O) groups is 1. The predicted molar refractivity (Wildman–Crippen MR) is 107 cm³/mol. The predicted octanol–water partition coefficient (Wildman–Crippen LogP) is 4.45. The molecular formula is C21H25ClN2O2. The zero-order valence-corrected chi connectivity index (χ0v) is 15.8. The van der Waals surface area contributed by atoms with E-state index in [1.54, 1.807) is 7.11 Å². The highest BCUT2D eigenvalue weighted by atomic mass is 35.5. The van der Waals surface area contributed by atoms with Gasteiger partial charge in [0.2, 0.25) is 0 Å². The molecule has 0 aromatic heterocycles. The third-order valence-electron chi connectivity index (χ3n) is 5.34. The lowest BCUT2D eigenvalue weighted by Gasteiger charge is -2.28. The van der Waals surface area contributed by atoms with Crippen molar-refractivity contribution in [1.82, 2.24) is 4.90 Å². The van der Waals surface area contributed by atoms with E-state index >= 15 is 0 Å². The Hall–Kier alpha value is -2.20. The molecular weight excluding hydrogens is 348 g/mol. The van der Waals surface area contributed by atoms with Gasteiger partial charge in [-0.1, -0.05) is 18.2 Å². The fourth-order valence-corrected chi connectivity index (χ4v) is 4.05. The van der Waals surface area contributed by atoms with Crippen molar-refractivity contribution in [2.24, 2.45) is 0 Å². The second-order valence-corrected chi connectivity index (χ2v) is 6.79. The van der Waals surface area contributed by atoms with Gasteiger partial charge in [-0.15, -0.1) is 12.4 Å². The van der Waals surface area contributed by atoms with Crippen molar-refractivity contribution in [2.45, 2.75) is 31.7 Å². The van der Waals surface area contributed by atoms with Gasteiger partial charge in [0.25, 0.3) is 5.91 Å². The maximum absolute atomic E-state index is 13.3. The number of fused-ring (bicyclic) bond motifs is 1. The highest BCUT2D eigenvalue weighted by molar-refractivity contribution is 5.97. The van der Waals surface area contributed by atoms with Gasteiger partial charge in [0.1, 0.15) is 5.75 Å². The van der Waals surface area contributed by atoms with Crippen molar-refractivity contribution in [2.75, 3.05) is 25.5 Å². The molecule has 2 heterocycles. The first-order valence-electron chi connectivity index (χ1n) is 9.08. The van der Waals surface area contributed by atoms with E-state index in [2.05, 4.69) is 23.5 Å². The monoisotopic (exact) mass is 372 g/mol. The van der Waals surface area contributed by atoms with E-state index in [4.69, 9.17) is 4.74 Å². The van der Waals surface area contributed by atoms with Gasteiger partial charge < -0.3 is 15.0 Å². The molecule has 2 aromatic rings. The number of benzene rings is 2. The summed E-state index contributed by atoms with van der Waals surface area (Å²) in [6.07, 6.45) is 4.13. The van der Waals surface area contributed by atoms with Crippen LogP contribution in [-0.2, 0) is 6.42 Å². The second kappa shape index (κ2) is 8.00. The Balaban J connectivity index is 0.00000196. The van der Waals surface area contributed by atoms with Crippen LogP contribution in [-0.4, -0.2) is 31.0 Å². The molecule has 1 N–H and O–H groups in total. The lowest BCUT2D eigenvalue weighted by molar-refractivity contribution is 0.0734. The van der Waals surface area contributed by atoms with Crippen LogP contribution in [0.4, 0.5) is 5.69 Å². The molecule has 2 aliphatic heterocycles. The first-order valence-corrected chi connectivity index (χ1v) is 9.08. The minimum atomic E-state index is 0. The number of amides is 1. The van der Waals surface area contributed by atoms with E-state index in [1.807, 2.05) is 29.2 Å². The molecule has 1 unspecified atom stereocenters. The number of likely N-dealkylation sites (tertiary alicyclic amines) is 1. The number of rotatable bonds is 3. The molecule has 0 aliphatic carbocycles. The average molecular weight is 373 g/mol. The highest BCUT2D eigenvalue weighted by Crippen LogP contribution is 2.35. The molecule has 4 nitrogen and oxygen atoms in total. The second-order valence-electron chi connectivity index (χ2n) is 6.79. The van der Waals surface area contributed by atoms with Crippen LogP contribution >= 0.6 is 12.4 Å². The lowest BCUT2D eigenvalue weighted by Crippen LogP contribution is -2.32. The van der Waals surface area contributed by atoms with Crippen LogP contribution in [0.5, 0.6) is 5.75 Å². The molecule has 1 amide bonds. The number of carbonyl (C=O) groups excluding carboxylic acids is 1.